The van der Waals surface area contributed by atoms with E-state index in [-0.39, 0.29) is 6.42 Å². The first-order chi connectivity index (χ1) is 5.04. The lowest BCUT2D eigenvalue weighted by Gasteiger charge is -2.20. The Kier molecular flexibility index (Phi) is 3.99. The maximum Gasteiger partial charge on any atom is 0.306 e. The summed E-state index contributed by atoms with van der Waals surface area (Å²) < 4.78 is 12.0. The Labute approximate surface area is 63.3 Å². The van der Waals surface area contributed by atoms with E-state index in [0.717, 1.165) is 0 Å². The molecule has 5 heteroatoms. The van der Waals surface area contributed by atoms with Crippen molar-refractivity contribution in [1.82, 2.24) is 0 Å². The maximum absolute atomic E-state index is 12.0. The highest BCUT2D eigenvalue weighted by Gasteiger charge is 2.29. The second kappa shape index (κ2) is 4.25. The first kappa shape index (κ1) is 10.3. The Morgan fingerprint density at radius 3 is 2.36 bits per heavy atom. The monoisotopic (exact) mass is 166 g/mol. The van der Waals surface area contributed by atoms with Crippen LogP contribution in [0.15, 0.2) is 0 Å². The van der Waals surface area contributed by atoms with Crippen LogP contribution in [0, 0.1) is 0 Å². The van der Waals surface area contributed by atoms with Gasteiger partial charge in [0.1, 0.15) is 12.3 Å². The van der Waals surface area contributed by atoms with E-state index in [1.54, 1.807) is 0 Å². The van der Waals surface area contributed by atoms with E-state index in [1.807, 2.05) is 0 Å². The zero-order valence-corrected chi connectivity index (χ0v) is 5.96. The molecule has 0 saturated carbocycles. The van der Waals surface area contributed by atoms with Gasteiger partial charge in [-0.15, -0.1) is 0 Å². The fourth-order valence-electron chi connectivity index (χ4n) is 0.692. The molecule has 0 aliphatic heterocycles. The Bertz CT molecular complexity index is 139. The Morgan fingerprint density at radius 1 is 1.55 bits per heavy atom. The molecule has 1 unspecified atom stereocenters. The van der Waals surface area contributed by atoms with Crippen molar-refractivity contribution in [1.29, 1.82) is 0 Å². The first-order valence-electron chi connectivity index (χ1n) is 3.15. The summed E-state index contributed by atoms with van der Waals surface area (Å²) in [6.07, 6.45) is -0.931. The van der Waals surface area contributed by atoms with Crippen LogP contribution in [0.25, 0.3) is 0 Å². The molecule has 0 aromatic rings. The maximum atomic E-state index is 12.0. The van der Waals surface area contributed by atoms with Gasteiger partial charge in [0.15, 0.2) is 0 Å². The van der Waals surface area contributed by atoms with Gasteiger partial charge in [-0.2, -0.15) is 0 Å². The Hall–Kier alpha value is -0.680. The van der Waals surface area contributed by atoms with E-state index >= 15 is 0 Å². The smallest absolute Gasteiger partial charge is 0.306 e. The minimum atomic E-state index is -1.90. The minimum Gasteiger partial charge on any atom is -0.481 e. The summed E-state index contributed by atoms with van der Waals surface area (Å²) in [6, 6.07) is 0. The molecule has 0 saturated heterocycles. The van der Waals surface area contributed by atoms with Crippen LogP contribution in [-0.4, -0.2) is 40.2 Å². The van der Waals surface area contributed by atoms with Crippen LogP contribution in [0.4, 0.5) is 4.39 Å². The van der Waals surface area contributed by atoms with Crippen molar-refractivity contribution in [3.05, 3.63) is 0 Å². The molecule has 0 aliphatic carbocycles. The molecule has 66 valence electrons. The zero-order valence-electron chi connectivity index (χ0n) is 5.96. The predicted molar refractivity (Wildman–Crippen MR) is 34.9 cm³/mol. The summed E-state index contributed by atoms with van der Waals surface area (Å²) in [5.74, 6) is -1.28. The number of carbonyl (C=O) groups is 1. The molecule has 4 nitrogen and oxygen atoms in total. The largest absolute Gasteiger partial charge is 0.481 e. The fraction of sp³-hybridized carbons (Fsp3) is 0.833. The lowest BCUT2D eigenvalue weighted by atomic mass is 9.98. The van der Waals surface area contributed by atoms with Crippen LogP contribution < -0.4 is 0 Å². The molecule has 0 fully saturated rings. The van der Waals surface area contributed by atoms with Crippen LogP contribution in [0.1, 0.15) is 12.8 Å². The van der Waals surface area contributed by atoms with Crippen molar-refractivity contribution >= 4 is 5.97 Å². The number of hydrogen-bond acceptors (Lipinski definition) is 3. The van der Waals surface area contributed by atoms with E-state index in [2.05, 4.69) is 0 Å². The summed E-state index contributed by atoms with van der Waals surface area (Å²) in [4.78, 5) is 10.0. The lowest BCUT2D eigenvalue weighted by molar-refractivity contribution is -0.143. The molecule has 0 aromatic carbocycles. The van der Waals surface area contributed by atoms with Crippen molar-refractivity contribution in [2.24, 2.45) is 0 Å². The van der Waals surface area contributed by atoms with Gasteiger partial charge in [-0.1, -0.05) is 0 Å². The molecule has 11 heavy (non-hydrogen) atoms. The van der Waals surface area contributed by atoms with Gasteiger partial charge < -0.3 is 15.3 Å². The van der Waals surface area contributed by atoms with E-state index < -0.39 is 31.3 Å². The van der Waals surface area contributed by atoms with Crippen molar-refractivity contribution < 1.29 is 24.5 Å². The van der Waals surface area contributed by atoms with Crippen LogP contribution in [0.3, 0.4) is 0 Å². The van der Waals surface area contributed by atoms with Gasteiger partial charge in [0, 0.05) is 13.0 Å². The number of hydrogen-bond donors (Lipinski definition) is 3. The summed E-state index contributed by atoms with van der Waals surface area (Å²) in [6.45, 7) is -1.58. The number of halogens is 1. The molecule has 0 radical (unpaired) electrons. The predicted octanol–water partition coefficient (Wildman–Crippen LogP) is -0.456. The standard InChI is InChI=1S/C6H11FO4/c7-4-6(11,1-2-8)3-5(9)10/h8,11H,1-4H2,(H,9,10). The number of rotatable bonds is 5. The molecule has 0 aliphatic rings. The lowest BCUT2D eigenvalue weighted by Crippen LogP contribution is -2.35. The second-order valence-corrected chi connectivity index (χ2v) is 2.40. The average Bonchev–Trinajstić information content (AvgIpc) is 1.87. The summed E-state index contributed by atoms with van der Waals surface area (Å²) >= 11 is 0. The number of alkyl halides is 1. The third-order valence-electron chi connectivity index (χ3n) is 1.31. The van der Waals surface area contributed by atoms with Crippen LogP contribution in [-0.2, 0) is 4.79 Å². The third-order valence-corrected chi connectivity index (χ3v) is 1.31. The van der Waals surface area contributed by atoms with Gasteiger partial charge in [0.25, 0.3) is 0 Å². The minimum absolute atomic E-state index is 0.254. The molecule has 1 atom stereocenters. The molecule has 0 bridgehead atoms. The second-order valence-electron chi connectivity index (χ2n) is 2.40. The van der Waals surface area contributed by atoms with Gasteiger partial charge in [0.05, 0.1) is 6.42 Å². The molecule has 3 N–H and O–H groups in total. The van der Waals surface area contributed by atoms with Gasteiger partial charge in [-0.25, -0.2) is 4.39 Å². The van der Waals surface area contributed by atoms with Gasteiger partial charge >= 0.3 is 5.97 Å². The summed E-state index contributed by atoms with van der Waals surface area (Å²) in [5, 5.41) is 25.6. The number of aliphatic hydroxyl groups excluding tert-OH is 1. The molecule has 0 rings (SSSR count). The molecule has 0 heterocycles. The SMILES string of the molecule is O=C(O)CC(O)(CF)CCO. The molecule has 0 spiro atoms. The van der Waals surface area contributed by atoms with Crippen LogP contribution >= 0.6 is 0 Å². The zero-order chi connectivity index (χ0) is 8.91. The van der Waals surface area contributed by atoms with Crippen LogP contribution in [0.5, 0.6) is 0 Å². The molecule has 0 aromatic heterocycles. The highest BCUT2D eigenvalue weighted by molar-refractivity contribution is 5.68. The van der Waals surface area contributed by atoms with Crippen molar-refractivity contribution in [3.8, 4) is 0 Å². The quantitative estimate of drug-likeness (QED) is 0.516. The summed E-state index contributed by atoms with van der Waals surface area (Å²) in [7, 11) is 0. The third kappa shape index (κ3) is 3.90. The van der Waals surface area contributed by atoms with E-state index in [4.69, 9.17) is 15.3 Å². The molecular formula is C6H11FO4. The molecule has 0 amide bonds. The van der Waals surface area contributed by atoms with E-state index in [9.17, 15) is 9.18 Å². The Morgan fingerprint density at radius 2 is 2.09 bits per heavy atom. The topological polar surface area (TPSA) is 77.8 Å². The van der Waals surface area contributed by atoms with Crippen molar-refractivity contribution in [3.63, 3.8) is 0 Å². The highest BCUT2D eigenvalue weighted by atomic mass is 19.1. The number of aliphatic hydroxyl groups is 2. The number of aliphatic carboxylic acids is 1. The van der Waals surface area contributed by atoms with E-state index in [0.29, 0.717) is 0 Å². The summed E-state index contributed by atoms with van der Waals surface area (Å²) in [5.41, 5.74) is -1.90. The van der Waals surface area contributed by atoms with Gasteiger partial charge in [0.2, 0.25) is 0 Å². The normalized spacial score (nSPS) is 15.9. The number of carboxylic acid groups (broad SMARTS) is 1. The van der Waals surface area contributed by atoms with Crippen molar-refractivity contribution in [2.45, 2.75) is 18.4 Å². The van der Waals surface area contributed by atoms with Gasteiger partial charge in [-0.3, -0.25) is 4.79 Å². The fourth-order valence-corrected chi connectivity index (χ4v) is 0.692. The van der Waals surface area contributed by atoms with E-state index in [1.165, 1.54) is 0 Å². The average molecular weight is 166 g/mol. The van der Waals surface area contributed by atoms with Crippen LogP contribution in [0.2, 0.25) is 0 Å². The molecular weight excluding hydrogens is 155 g/mol. The van der Waals surface area contributed by atoms with Crippen molar-refractivity contribution in [2.75, 3.05) is 13.3 Å². The number of carboxylic acids is 1. The first-order valence-corrected chi connectivity index (χ1v) is 3.15. The van der Waals surface area contributed by atoms with Gasteiger partial charge in [-0.05, 0) is 0 Å². The highest BCUT2D eigenvalue weighted by Crippen LogP contribution is 2.15. The Balaban J connectivity index is 3.98.